The molecular formula is C16H25N3O. The predicted octanol–water partition coefficient (Wildman–Crippen LogP) is 2.46. The average Bonchev–Trinajstić information content (AvgIpc) is 2.42. The largest absolute Gasteiger partial charge is 0.496 e. The second kappa shape index (κ2) is 6.27. The number of ether oxygens (including phenoxy) is 1. The van der Waals surface area contributed by atoms with Crippen molar-refractivity contribution in [2.75, 3.05) is 20.2 Å². The summed E-state index contributed by atoms with van der Waals surface area (Å²) in [5.41, 5.74) is 7.43. The van der Waals surface area contributed by atoms with Gasteiger partial charge in [-0.2, -0.15) is 0 Å². The molecule has 3 N–H and O–H groups in total. The van der Waals surface area contributed by atoms with Crippen LogP contribution in [0.15, 0.2) is 18.2 Å². The molecule has 0 radical (unpaired) electrons. The van der Waals surface area contributed by atoms with E-state index >= 15 is 0 Å². The van der Waals surface area contributed by atoms with E-state index in [0.29, 0.717) is 11.3 Å². The van der Waals surface area contributed by atoms with Crippen LogP contribution in [0.4, 0.5) is 0 Å². The zero-order chi connectivity index (χ0) is 14.7. The van der Waals surface area contributed by atoms with Gasteiger partial charge in [0.15, 0.2) is 0 Å². The van der Waals surface area contributed by atoms with Crippen LogP contribution in [0.3, 0.4) is 0 Å². The number of nitrogens with one attached hydrogen (secondary N) is 1. The summed E-state index contributed by atoms with van der Waals surface area (Å²) in [6.07, 6.45) is 1.27. The lowest BCUT2D eigenvalue weighted by molar-refractivity contribution is 0.132. The van der Waals surface area contributed by atoms with E-state index in [1.807, 2.05) is 18.2 Å². The summed E-state index contributed by atoms with van der Waals surface area (Å²) in [5, 5.41) is 7.54. The van der Waals surface area contributed by atoms with Crippen molar-refractivity contribution in [3.63, 3.8) is 0 Å². The zero-order valence-electron chi connectivity index (χ0n) is 12.6. The lowest BCUT2D eigenvalue weighted by atomic mass is 9.88. The first-order chi connectivity index (χ1) is 9.51. The number of methoxy groups -OCH3 is 1. The van der Waals surface area contributed by atoms with Gasteiger partial charge in [0.25, 0.3) is 0 Å². The van der Waals surface area contributed by atoms with Gasteiger partial charge in [0.1, 0.15) is 11.6 Å². The minimum atomic E-state index is 0.0498. The summed E-state index contributed by atoms with van der Waals surface area (Å²) < 4.78 is 5.34. The number of rotatable bonds is 4. The molecule has 2 atom stereocenters. The third-order valence-corrected chi connectivity index (χ3v) is 4.38. The maximum Gasteiger partial charge on any atom is 0.130 e. The molecule has 0 aromatic heterocycles. The number of nitrogen functional groups attached to an aromatic ring is 1. The Balaban J connectivity index is 2.08. The highest BCUT2D eigenvalue weighted by atomic mass is 16.5. The molecule has 1 saturated heterocycles. The highest BCUT2D eigenvalue weighted by molar-refractivity contribution is 5.97. The van der Waals surface area contributed by atoms with Gasteiger partial charge in [-0.1, -0.05) is 19.9 Å². The third kappa shape index (κ3) is 3.31. The van der Waals surface area contributed by atoms with Crippen molar-refractivity contribution in [3.05, 3.63) is 29.3 Å². The molecular weight excluding hydrogens is 250 g/mol. The van der Waals surface area contributed by atoms with Gasteiger partial charge < -0.3 is 10.5 Å². The zero-order valence-corrected chi connectivity index (χ0v) is 12.6. The Morgan fingerprint density at radius 2 is 2.15 bits per heavy atom. The number of benzene rings is 1. The normalized spacial score (nSPS) is 23.6. The van der Waals surface area contributed by atoms with Crippen LogP contribution in [0.5, 0.6) is 5.75 Å². The van der Waals surface area contributed by atoms with Crippen molar-refractivity contribution in [3.8, 4) is 5.75 Å². The summed E-state index contributed by atoms with van der Waals surface area (Å²) in [6, 6.07) is 5.92. The Bertz CT molecular complexity index is 487. The van der Waals surface area contributed by atoms with Crippen molar-refractivity contribution < 1.29 is 4.74 Å². The molecule has 0 amide bonds. The molecule has 2 rings (SSSR count). The summed E-state index contributed by atoms with van der Waals surface area (Å²) >= 11 is 0. The molecule has 1 aliphatic heterocycles. The molecule has 110 valence electrons. The van der Waals surface area contributed by atoms with Crippen LogP contribution < -0.4 is 10.5 Å². The van der Waals surface area contributed by atoms with Crippen LogP contribution in [-0.4, -0.2) is 30.9 Å². The Morgan fingerprint density at radius 3 is 2.75 bits per heavy atom. The molecule has 1 aliphatic rings. The number of nitrogens with two attached hydrogens (primary N) is 1. The molecule has 4 nitrogen and oxygen atoms in total. The molecule has 2 unspecified atom stereocenters. The van der Waals surface area contributed by atoms with Crippen LogP contribution in [0, 0.1) is 17.2 Å². The van der Waals surface area contributed by atoms with E-state index in [9.17, 15) is 0 Å². The minimum Gasteiger partial charge on any atom is -0.496 e. The number of likely N-dealkylation sites (tertiary alicyclic amines) is 1. The summed E-state index contributed by atoms with van der Waals surface area (Å²) in [7, 11) is 1.62. The maximum absolute atomic E-state index is 7.54. The molecule has 4 heteroatoms. The molecule has 20 heavy (non-hydrogen) atoms. The van der Waals surface area contributed by atoms with Gasteiger partial charge in [0, 0.05) is 13.1 Å². The van der Waals surface area contributed by atoms with Gasteiger partial charge in [-0.05, 0) is 42.5 Å². The number of amidine groups is 1. The molecule has 1 aromatic carbocycles. The Hall–Kier alpha value is -1.55. The van der Waals surface area contributed by atoms with Crippen molar-refractivity contribution in [1.82, 2.24) is 4.90 Å². The Kier molecular flexibility index (Phi) is 4.65. The molecule has 1 fully saturated rings. The van der Waals surface area contributed by atoms with Crippen LogP contribution in [0.1, 0.15) is 31.4 Å². The van der Waals surface area contributed by atoms with E-state index in [2.05, 4.69) is 18.7 Å². The lowest BCUT2D eigenvalue weighted by Gasteiger charge is -2.35. The quantitative estimate of drug-likeness (QED) is 0.655. The molecule has 1 heterocycles. The number of hydrogen-bond donors (Lipinski definition) is 2. The van der Waals surface area contributed by atoms with Crippen molar-refractivity contribution in [1.29, 1.82) is 5.41 Å². The summed E-state index contributed by atoms with van der Waals surface area (Å²) in [5.74, 6) is 2.31. The van der Waals surface area contributed by atoms with Gasteiger partial charge in [-0.3, -0.25) is 10.3 Å². The number of piperidine rings is 1. The van der Waals surface area contributed by atoms with Gasteiger partial charge in [0.2, 0.25) is 0 Å². The second-order valence-electron chi connectivity index (χ2n) is 5.93. The van der Waals surface area contributed by atoms with Crippen LogP contribution in [-0.2, 0) is 6.54 Å². The SMILES string of the molecule is COc1cc(CN2CCC(C)C(C)C2)ccc1C(=N)N. The van der Waals surface area contributed by atoms with Gasteiger partial charge >= 0.3 is 0 Å². The number of hydrogen-bond acceptors (Lipinski definition) is 3. The van der Waals surface area contributed by atoms with Gasteiger partial charge in [0.05, 0.1) is 12.7 Å². The Morgan fingerprint density at radius 1 is 1.40 bits per heavy atom. The van der Waals surface area contributed by atoms with E-state index in [4.69, 9.17) is 15.9 Å². The van der Waals surface area contributed by atoms with E-state index in [1.54, 1.807) is 7.11 Å². The second-order valence-corrected chi connectivity index (χ2v) is 5.93. The van der Waals surface area contributed by atoms with Gasteiger partial charge in [-0.15, -0.1) is 0 Å². The number of nitrogens with zero attached hydrogens (tertiary/aromatic N) is 1. The first-order valence-corrected chi connectivity index (χ1v) is 7.25. The fraction of sp³-hybridized carbons (Fsp3) is 0.562. The standard InChI is InChI=1S/C16H25N3O/c1-11-6-7-19(9-12(11)2)10-13-4-5-14(16(17)18)15(8-13)20-3/h4-5,8,11-12H,6-7,9-10H2,1-3H3,(H3,17,18). The fourth-order valence-electron chi connectivity index (χ4n) is 2.81. The molecule has 0 aliphatic carbocycles. The van der Waals surface area contributed by atoms with E-state index in [-0.39, 0.29) is 5.84 Å². The smallest absolute Gasteiger partial charge is 0.130 e. The first kappa shape index (κ1) is 14.9. The highest BCUT2D eigenvalue weighted by Gasteiger charge is 2.22. The van der Waals surface area contributed by atoms with Crippen molar-refractivity contribution in [2.45, 2.75) is 26.8 Å². The molecule has 0 saturated carbocycles. The highest BCUT2D eigenvalue weighted by Crippen LogP contribution is 2.25. The van der Waals surface area contributed by atoms with Gasteiger partial charge in [-0.25, -0.2) is 0 Å². The molecule has 0 bridgehead atoms. The topological polar surface area (TPSA) is 62.3 Å². The van der Waals surface area contributed by atoms with Crippen molar-refractivity contribution in [2.24, 2.45) is 17.6 Å². The third-order valence-electron chi connectivity index (χ3n) is 4.38. The maximum atomic E-state index is 7.54. The monoisotopic (exact) mass is 275 g/mol. The predicted molar refractivity (Wildman–Crippen MR) is 82.2 cm³/mol. The average molecular weight is 275 g/mol. The Labute approximate surface area is 121 Å². The lowest BCUT2D eigenvalue weighted by Crippen LogP contribution is -2.37. The molecule has 1 aromatic rings. The van der Waals surface area contributed by atoms with E-state index < -0.39 is 0 Å². The van der Waals surface area contributed by atoms with Crippen molar-refractivity contribution >= 4 is 5.84 Å². The van der Waals surface area contributed by atoms with E-state index in [0.717, 1.165) is 31.5 Å². The summed E-state index contributed by atoms with van der Waals surface area (Å²) in [4.78, 5) is 2.49. The van der Waals surface area contributed by atoms with Crippen LogP contribution in [0.2, 0.25) is 0 Å². The molecule has 0 spiro atoms. The summed E-state index contributed by atoms with van der Waals surface area (Å²) in [6.45, 7) is 7.91. The van der Waals surface area contributed by atoms with Crippen LogP contribution >= 0.6 is 0 Å². The first-order valence-electron chi connectivity index (χ1n) is 7.25. The minimum absolute atomic E-state index is 0.0498. The fourth-order valence-corrected chi connectivity index (χ4v) is 2.81. The van der Waals surface area contributed by atoms with Crippen LogP contribution in [0.25, 0.3) is 0 Å². The van der Waals surface area contributed by atoms with E-state index in [1.165, 1.54) is 12.0 Å².